The van der Waals surface area contributed by atoms with Crippen LogP contribution in [0, 0.1) is 25.2 Å². The standard InChI is InChI=1S/C13H10BrNO/c1-8-9(2)12(14)5-4-11(8)13-6-3-10(7-15)16-13/h3-6H,1-2H3. The molecular formula is C13H10BrNO. The first-order valence-electron chi connectivity index (χ1n) is 4.89. The van der Waals surface area contributed by atoms with E-state index < -0.39 is 0 Å². The van der Waals surface area contributed by atoms with E-state index in [1.165, 1.54) is 5.56 Å². The van der Waals surface area contributed by atoms with Gasteiger partial charge in [0.05, 0.1) is 0 Å². The number of hydrogen-bond donors (Lipinski definition) is 0. The van der Waals surface area contributed by atoms with Gasteiger partial charge in [-0.1, -0.05) is 15.9 Å². The van der Waals surface area contributed by atoms with E-state index in [4.69, 9.17) is 9.68 Å². The van der Waals surface area contributed by atoms with Crippen LogP contribution in [0.15, 0.2) is 33.2 Å². The van der Waals surface area contributed by atoms with Crippen molar-refractivity contribution in [2.45, 2.75) is 13.8 Å². The van der Waals surface area contributed by atoms with Crippen LogP contribution in [0.3, 0.4) is 0 Å². The SMILES string of the molecule is Cc1c(Br)ccc(-c2ccc(C#N)o2)c1C. The summed E-state index contributed by atoms with van der Waals surface area (Å²) in [6.07, 6.45) is 0. The maximum atomic E-state index is 8.71. The van der Waals surface area contributed by atoms with Crippen molar-refractivity contribution in [2.24, 2.45) is 0 Å². The lowest BCUT2D eigenvalue weighted by molar-refractivity contribution is 0.567. The van der Waals surface area contributed by atoms with Crippen LogP contribution in [0.2, 0.25) is 0 Å². The normalized spacial score (nSPS) is 10.1. The van der Waals surface area contributed by atoms with E-state index in [1.54, 1.807) is 6.07 Å². The molecule has 0 atom stereocenters. The summed E-state index contributed by atoms with van der Waals surface area (Å²) in [7, 11) is 0. The molecule has 0 aliphatic carbocycles. The first kappa shape index (κ1) is 11.0. The summed E-state index contributed by atoms with van der Waals surface area (Å²) in [5.74, 6) is 1.08. The molecule has 1 heterocycles. The van der Waals surface area contributed by atoms with Gasteiger partial charge in [0.15, 0.2) is 0 Å². The summed E-state index contributed by atoms with van der Waals surface area (Å²) in [5.41, 5.74) is 3.38. The monoisotopic (exact) mass is 275 g/mol. The minimum absolute atomic E-state index is 0.343. The third-order valence-corrected chi connectivity index (χ3v) is 3.56. The summed E-state index contributed by atoms with van der Waals surface area (Å²) in [4.78, 5) is 0. The summed E-state index contributed by atoms with van der Waals surface area (Å²) >= 11 is 3.49. The molecular weight excluding hydrogens is 266 g/mol. The van der Waals surface area contributed by atoms with Crippen molar-refractivity contribution in [3.63, 3.8) is 0 Å². The lowest BCUT2D eigenvalue weighted by Crippen LogP contribution is -1.87. The molecule has 0 spiro atoms. The fourth-order valence-corrected chi connectivity index (χ4v) is 2.03. The molecule has 0 radical (unpaired) electrons. The number of nitrogens with zero attached hydrogens (tertiary/aromatic N) is 1. The quantitative estimate of drug-likeness (QED) is 0.782. The van der Waals surface area contributed by atoms with Gasteiger partial charge in [-0.3, -0.25) is 0 Å². The molecule has 3 heteroatoms. The van der Waals surface area contributed by atoms with E-state index in [9.17, 15) is 0 Å². The van der Waals surface area contributed by atoms with E-state index >= 15 is 0 Å². The van der Waals surface area contributed by atoms with Crippen molar-refractivity contribution in [3.05, 3.63) is 45.6 Å². The van der Waals surface area contributed by atoms with Gasteiger partial charge in [0.2, 0.25) is 5.76 Å². The molecule has 0 amide bonds. The zero-order valence-electron chi connectivity index (χ0n) is 9.04. The zero-order chi connectivity index (χ0) is 11.7. The Morgan fingerprint density at radius 1 is 1.12 bits per heavy atom. The highest BCUT2D eigenvalue weighted by molar-refractivity contribution is 9.10. The zero-order valence-corrected chi connectivity index (χ0v) is 10.6. The van der Waals surface area contributed by atoms with E-state index in [2.05, 4.69) is 22.9 Å². The average Bonchev–Trinajstić information content (AvgIpc) is 2.74. The van der Waals surface area contributed by atoms with Crippen LogP contribution in [0.4, 0.5) is 0 Å². The first-order chi connectivity index (χ1) is 7.63. The van der Waals surface area contributed by atoms with Gasteiger partial charge in [0.25, 0.3) is 0 Å². The largest absolute Gasteiger partial charge is 0.446 e. The number of furan rings is 1. The third kappa shape index (κ3) is 1.77. The lowest BCUT2D eigenvalue weighted by Gasteiger charge is -2.07. The maximum Gasteiger partial charge on any atom is 0.204 e. The topological polar surface area (TPSA) is 36.9 Å². The second-order valence-corrected chi connectivity index (χ2v) is 4.47. The van der Waals surface area contributed by atoms with Gasteiger partial charge in [0, 0.05) is 10.0 Å². The van der Waals surface area contributed by atoms with Crippen molar-refractivity contribution in [1.82, 2.24) is 0 Å². The van der Waals surface area contributed by atoms with E-state index in [0.717, 1.165) is 21.4 Å². The number of halogens is 1. The predicted molar refractivity (Wildman–Crippen MR) is 66.0 cm³/mol. The molecule has 2 aromatic rings. The van der Waals surface area contributed by atoms with Crippen LogP contribution < -0.4 is 0 Å². The van der Waals surface area contributed by atoms with Crippen LogP contribution in [0.5, 0.6) is 0 Å². The molecule has 0 saturated carbocycles. The van der Waals surface area contributed by atoms with Crippen molar-refractivity contribution < 1.29 is 4.42 Å². The van der Waals surface area contributed by atoms with E-state index in [0.29, 0.717) is 5.76 Å². The number of rotatable bonds is 1. The average molecular weight is 276 g/mol. The van der Waals surface area contributed by atoms with Gasteiger partial charge < -0.3 is 4.42 Å². The Hall–Kier alpha value is -1.53. The molecule has 0 aliphatic rings. The van der Waals surface area contributed by atoms with E-state index in [-0.39, 0.29) is 0 Å². The van der Waals surface area contributed by atoms with Gasteiger partial charge in [-0.15, -0.1) is 0 Å². The Kier molecular flexibility index (Phi) is 2.84. The Morgan fingerprint density at radius 3 is 2.50 bits per heavy atom. The highest BCUT2D eigenvalue weighted by Crippen LogP contribution is 2.30. The maximum absolute atomic E-state index is 8.71. The van der Waals surface area contributed by atoms with Crippen LogP contribution in [0.25, 0.3) is 11.3 Å². The Morgan fingerprint density at radius 2 is 1.88 bits per heavy atom. The Balaban J connectivity index is 2.57. The second kappa shape index (κ2) is 4.15. The van der Waals surface area contributed by atoms with Crippen LogP contribution in [-0.2, 0) is 0 Å². The molecule has 1 aromatic carbocycles. The fraction of sp³-hybridized carbons (Fsp3) is 0.154. The van der Waals surface area contributed by atoms with Crippen molar-refractivity contribution in [1.29, 1.82) is 5.26 Å². The smallest absolute Gasteiger partial charge is 0.204 e. The molecule has 0 unspecified atom stereocenters. The summed E-state index contributed by atoms with van der Waals surface area (Å²) in [5, 5.41) is 8.71. The summed E-state index contributed by atoms with van der Waals surface area (Å²) < 4.78 is 6.50. The Labute approximate surface area is 103 Å². The molecule has 2 nitrogen and oxygen atoms in total. The summed E-state index contributed by atoms with van der Waals surface area (Å²) in [6.45, 7) is 4.10. The minimum Gasteiger partial charge on any atom is -0.446 e. The fourth-order valence-electron chi connectivity index (χ4n) is 1.60. The Bertz CT molecular complexity index is 578. The molecule has 1 aromatic heterocycles. The summed E-state index contributed by atoms with van der Waals surface area (Å²) in [6, 6.07) is 9.49. The molecule has 80 valence electrons. The van der Waals surface area contributed by atoms with Crippen molar-refractivity contribution in [2.75, 3.05) is 0 Å². The van der Waals surface area contributed by atoms with Crippen molar-refractivity contribution >= 4 is 15.9 Å². The minimum atomic E-state index is 0.343. The molecule has 0 aliphatic heterocycles. The van der Waals surface area contributed by atoms with Crippen LogP contribution >= 0.6 is 15.9 Å². The molecule has 0 saturated heterocycles. The lowest BCUT2D eigenvalue weighted by atomic mass is 10.0. The molecule has 2 rings (SSSR count). The van der Waals surface area contributed by atoms with Crippen LogP contribution in [0.1, 0.15) is 16.9 Å². The molecule has 16 heavy (non-hydrogen) atoms. The molecule has 0 fully saturated rings. The highest BCUT2D eigenvalue weighted by Gasteiger charge is 2.10. The van der Waals surface area contributed by atoms with Crippen LogP contribution in [-0.4, -0.2) is 0 Å². The highest BCUT2D eigenvalue weighted by atomic mass is 79.9. The first-order valence-corrected chi connectivity index (χ1v) is 5.69. The number of nitriles is 1. The second-order valence-electron chi connectivity index (χ2n) is 3.62. The third-order valence-electron chi connectivity index (χ3n) is 2.70. The van der Waals surface area contributed by atoms with Gasteiger partial charge in [0.1, 0.15) is 11.8 Å². The van der Waals surface area contributed by atoms with Gasteiger partial charge in [-0.05, 0) is 49.2 Å². The number of benzene rings is 1. The predicted octanol–water partition coefficient (Wildman–Crippen LogP) is 4.20. The van der Waals surface area contributed by atoms with Gasteiger partial charge in [-0.2, -0.15) is 5.26 Å². The number of hydrogen-bond acceptors (Lipinski definition) is 2. The van der Waals surface area contributed by atoms with Gasteiger partial charge in [-0.25, -0.2) is 0 Å². The van der Waals surface area contributed by atoms with E-state index in [1.807, 2.05) is 31.2 Å². The molecule has 0 bridgehead atoms. The van der Waals surface area contributed by atoms with Gasteiger partial charge >= 0.3 is 0 Å². The van der Waals surface area contributed by atoms with Crippen molar-refractivity contribution in [3.8, 4) is 17.4 Å². The molecule has 0 N–H and O–H groups in total.